The number of aliphatic imine (C=N–C) groups is 1. The summed E-state index contributed by atoms with van der Waals surface area (Å²) >= 11 is 0. The maximum atomic E-state index is 5.60. The summed E-state index contributed by atoms with van der Waals surface area (Å²) in [5, 5.41) is 6.21. The summed E-state index contributed by atoms with van der Waals surface area (Å²) in [4.78, 5) is 4.06. The number of benzene rings is 1. The molecule has 4 nitrogen and oxygen atoms in total. The van der Waals surface area contributed by atoms with Crippen molar-refractivity contribution in [1.29, 1.82) is 0 Å². The van der Waals surface area contributed by atoms with Crippen LogP contribution in [0.25, 0.3) is 0 Å². The number of hydrogen-bond acceptors (Lipinski definition) is 2. The highest BCUT2D eigenvalue weighted by molar-refractivity contribution is 5.79. The topological polar surface area (TPSA) is 45.7 Å². The average Bonchev–Trinajstić information content (AvgIpc) is 2.36. The first-order chi connectivity index (χ1) is 8.65. The van der Waals surface area contributed by atoms with E-state index in [0.29, 0.717) is 0 Å². The van der Waals surface area contributed by atoms with Crippen molar-refractivity contribution in [2.24, 2.45) is 4.99 Å². The molecule has 0 spiro atoms. The Balaban J connectivity index is 2.39. The Bertz CT molecular complexity index is 371. The van der Waals surface area contributed by atoms with E-state index in [2.05, 4.69) is 27.8 Å². The predicted octanol–water partition coefficient (Wildman–Crippen LogP) is 1.81. The standard InChI is InChI=1S/C14H23N3O/c1-11(2)18-13-7-5-12(6-8-13)9-10-17-14(15-3)16-4/h5-8,11H,9-10H2,1-4H3,(H2,15,16,17). The molecule has 0 radical (unpaired) electrons. The first-order valence-corrected chi connectivity index (χ1v) is 6.29. The van der Waals surface area contributed by atoms with Crippen LogP contribution >= 0.6 is 0 Å². The lowest BCUT2D eigenvalue weighted by Crippen LogP contribution is -2.35. The minimum Gasteiger partial charge on any atom is -0.491 e. The molecule has 0 atom stereocenters. The van der Waals surface area contributed by atoms with E-state index in [1.54, 1.807) is 7.05 Å². The van der Waals surface area contributed by atoms with Crippen molar-refractivity contribution in [3.8, 4) is 5.75 Å². The zero-order valence-electron chi connectivity index (χ0n) is 11.7. The molecular weight excluding hydrogens is 226 g/mol. The van der Waals surface area contributed by atoms with E-state index in [0.717, 1.165) is 24.7 Å². The molecule has 100 valence electrons. The lowest BCUT2D eigenvalue weighted by atomic mass is 10.1. The lowest BCUT2D eigenvalue weighted by Gasteiger charge is -2.11. The zero-order chi connectivity index (χ0) is 13.4. The van der Waals surface area contributed by atoms with Gasteiger partial charge in [-0.05, 0) is 38.0 Å². The predicted molar refractivity (Wildman–Crippen MR) is 76.3 cm³/mol. The van der Waals surface area contributed by atoms with E-state index >= 15 is 0 Å². The van der Waals surface area contributed by atoms with Crippen LogP contribution in [0.2, 0.25) is 0 Å². The van der Waals surface area contributed by atoms with Gasteiger partial charge in [0.1, 0.15) is 5.75 Å². The van der Waals surface area contributed by atoms with Crippen LogP contribution < -0.4 is 15.4 Å². The van der Waals surface area contributed by atoms with E-state index in [-0.39, 0.29) is 6.10 Å². The fourth-order valence-electron chi connectivity index (χ4n) is 1.61. The van der Waals surface area contributed by atoms with Gasteiger partial charge in [0.25, 0.3) is 0 Å². The molecule has 0 aliphatic heterocycles. The Morgan fingerprint density at radius 3 is 2.44 bits per heavy atom. The largest absolute Gasteiger partial charge is 0.491 e. The first kappa shape index (κ1) is 14.4. The number of nitrogens with one attached hydrogen (secondary N) is 2. The van der Waals surface area contributed by atoms with Gasteiger partial charge >= 0.3 is 0 Å². The second kappa shape index (κ2) is 7.58. The molecule has 4 heteroatoms. The molecule has 2 N–H and O–H groups in total. The smallest absolute Gasteiger partial charge is 0.190 e. The Labute approximate surface area is 109 Å². The van der Waals surface area contributed by atoms with E-state index in [9.17, 15) is 0 Å². The van der Waals surface area contributed by atoms with Gasteiger partial charge in [0.2, 0.25) is 0 Å². The maximum absolute atomic E-state index is 5.60. The van der Waals surface area contributed by atoms with Crippen molar-refractivity contribution < 1.29 is 4.74 Å². The molecule has 0 amide bonds. The van der Waals surface area contributed by atoms with Gasteiger partial charge in [-0.3, -0.25) is 4.99 Å². The van der Waals surface area contributed by atoms with Crippen molar-refractivity contribution >= 4 is 5.96 Å². The molecular formula is C14H23N3O. The van der Waals surface area contributed by atoms with Crippen molar-refractivity contribution in [2.75, 3.05) is 20.6 Å². The highest BCUT2D eigenvalue weighted by Gasteiger charge is 1.99. The van der Waals surface area contributed by atoms with Crippen LogP contribution in [0.5, 0.6) is 5.75 Å². The van der Waals surface area contributed by atoms with Gasteiger partial charge in [-0.15, -0.1) is 0 Å². The number of guanidine groups is 1. The number of rotatable bonds is 5. The van der Waals surface area contributed by atoms with E-state index in [1.807, 2.05) is 33.0 Å². The molecule has 0 aromatic heterocycles. The SMILES string of the molecule is CN=C(NC)NCCc1ccc(OC(C)C)cc1. The highest BCUT2D eigenvalue weighted by Crippen LogP contribution is 2.13. The molecule has 0 bridgehead atoms. The minimum atomic E-state index is 0.219. The van der Waals surface area contributed by atoms with Gasteiger partial charge in [-0.2, -0.15) is 0 Å². The Hall–Kier alpha value is -1.71. The van der Waals surface area contributed by atoms with Crippen LogP contribution in [-0.4, -0.2) is 32.7 Å². The third kappa shape index (κ3) is 5.08. The minimum absolute atomic E-state index is 0.219. The van der Waals surface area contributed by atoms with Crippen LogP contribution in [0.3, 0.4) is 0 Å². The molecule has 0 aliphatic carbocycles. The lowest BCUT2D eigenvalue weighted by molar-refractivity contribution is 0.242. The zero-order valence-corrected chi connectivity index (χ0v) is 11.7. The fourth-order valence-corrected chi connectivity index (χ4v) is 1.61. The van der Waals surface area contributed by atoms with Crippen molar-refractivity contribution in [3.05, 3.63) is 29.8 Å². The monoisotopic (exact) mass is 249 g/mol. The molecule has 1 aromatic rings. The summed E-state index contributed by atoms with van der Waals surface area (Å²) in [7, 11) is 3.62. The molecule has 0 unspecified atom stereocenters. The van der Waals surface area contributed by atoms with Crippen molar-refractivity contribution in [1.82, 2.24) is 10.6 Å². The Morgan fingerprint density at radius 2 is 1.94 bits per heavy atom. The van der Waals surface area contributed by atoms with Crippen LogP contribution in [-0.2, 0) is 6.42 Å². The second-order valence-corrected chi connectivity index (χ2v) is 4.31. The molecule has 0 heterocycles. The van der Waals surface area contributed by atoms with Gasteiger partial charge in [0.05, 0.1) is 6.10 Å². The maximum Gasteiger partial charge on any atom is 0.190 e. The van der Waals surface area contributed by atoms with Gasteiger partial charge in [0.15, 0.2) is 5.96 Å². The van der Waals surface area contributed by atoms with Crippen LogP contribution in [0, 0.1) is 0 Å². The Morgan fingerprint density at radius 1 is 1.28 bits per heavy atom. The van der Waals surface area contributed by atoms with Crippen molar-refractivity contribution in [2.45, 2.75) is 26.4 Å². The Kier molecular flexibility index (Phi) is 6.05. The van der Waals surface area contributed by atoms with Gasteiger partial charge in [-0.25, -0.2) is 0 Å². The summed E-state index contributed by atoms with van der Waals surface area (Å²) in [5.74, 6) is 1.74. The van der Waals surface area contributed by atoms with Crippen LogP contribution in [0.1, 0.15) is 19.4 Å². The summed E-state index contributed by atoms with van der Waals surface area (Å²) in [6, 6.07) is 8.23. The van der Waals surface area contributed by atoms with E-state index in [4.69, 9.17) is 4.74 Å². The first-order valence-electron chi connectivity index (χ1n) is 6.29. The summed E-state index contributed by atoms with van der Waals surface area (Å²) < 4.78 is 5.60. The van der Waals surface area contributed by atoms with E-state index in [1.165, 1.54) is 5.56 Å². The van der Waals surface area contributed by atoms with E-state index < -0.39 is 0 Å². The normalized spacial score (nSPS) is 11.5. The number of nitrogens with zero attached hydrogens (tertiary/aromatic N) is 1. The van der Waals surface area contributed by atoms with Crippen LogP contribution in [0.15, 0.2) is 29.3 Å². The van der Waals surface area contributed by atoms with Gasteiger partial charge in [0, 0.05) is 20.6 Å². The third-order valence-electron chi connectivity index (χ3n) is 2.46. The van der Waals surface area contributed by atoms with Gasteiger partial charge < -0.3 is 15.4 Å². The molecule has 0 aliphatic rings. The fraction of sp³-hybridized carbons (Fsp3) is 0.500. The van der Waals surface area contributed by atoms with Crippen molar-refractivity contribution in [3.63, 3.8) is 0 Å². The van der Waals surface area contributed by atoms with Crippen LogP contribution in [0.4, 0.5) is 0 Å². The summed E-state index contributed by atoms with van der Waals surface area (Å²) in [5.41, 5.74) is 1.28. The molecule has 0 saturated carbocycles. The molecule has 1 aromatic carbocycles. The highest BCUT2D eigenvalue weighted by atomic mass is 16.5. The summed E-state index contributed by atoms with van der Waals surface area (Å²) in [6.07, 6.45) is 1.18. The molecule has 0 fully saturated rings. The molecule has 0 saturated heterocycles. The second-order valence-electron chi connectivity index (χ2n) is 4.31. The summed E-state index contributed by atoms with van der Waals surface area (Å²) in [6.45, 7) is 4.92. The quantitative estimate of drug-likeness (QED) is 0.618. The molecule has 18 heavy (non-hydrogen) atoms. The molecule has 1 rings (SSSR count). The number of ether oxygens (including phenoxy) is 1. The number of hydrogen-bond donors (Lipinski definition) is 2. The van der Waals surface area contributed by atoms with Gasteiger partial charge in [-0.1, -0.05) is 12.1 Å². The third-order valence-corrected chi connectivity index (χ3v) is 2.46. The average molecular weight is 249 g/mol.